The van der Waals surface area contributed by atoms with Gasteiger partial charge < -0.3 is 0 Å². The van der Waals surface area contributed by atoms with Crippen molar-refractivity contribution < 1.29 is 6.85 Å². The minimum atomic E-state index is -2.51. The van der Waals surface area contributed by atoms with Crippen LogP contribution >= 0.6 is 0 Å². The summed E-state index contributed by atoms with van der Waals surface area (Å²) in [4.78, 5) is 0. The molecular weight excluding hydrogens is 120 g/mol. The van der Waals surface area contributed by atoms with Crippen molar-refractivity contribution in [1.82, 2.24) is 0 Å². The molecule has 1 aromatic carbocycles. The van der Waals surface area contributed by atoms with Crippen LogP contribution in [0.4, 0.5) is 0 Å². The molecule has 0 nitrogen and oxygen atoms in total. The van der Waals surface area contributed by atoms with E-state index in [1.807, 2.05) is 6.92 Å². The van der Waals surface area contributed by atoms with Crippen LogP contribution in [0.1, 0.15) is 24.8 Å². The molecule has 0 aliphatic heterocycles. The van der Waals surface area contributed by atoms with E-state index in [9.17, 15) is 0 Å². The molecule has 0 amide bonds. The maximum Gasteiger partial charge on any atom is 0.0626 e. The van der Waals surface area contributed by atoms with E-state index >= 15 is 0 Å². The molecular formula is C10H12. The molecule has 0 saturated heterocycles. The Hall–Kier alpha value is -1.04. The van der Waals surface area contributed by atoms with Crippen LogP contribution in [0.25, 0.3) is 6.05 Å². The molecule has 0 bridgehead atoms. The van der Waals surface area contributed by atoms with Crippen molar-refractivity contribution in [3.05, 3.63) is 41.4 Å². The van der Waals surface area contributed by atoms with E-state index < -0.39 is 12.9 Å². The zero-order valence-electron chi connectivity index (χ0n) is 10.8. The SMILES string of the molecule is [2H]/C(=C(\[2H])C([2H])([2H])[2H])c1ccc(C)cc1. The highest BCUT2D eigenvalue weighted by Gasteiger charge is 1.83. The Kier molecular flexibility index (Phi) is 0.935. The van der Waals surface area contributed by atoms with E-state index in [-0.39, 0.29) is 6.05 Å². The van der Waals surface area contributed by atoms with E-state index in [2.05, 4.69) is 0 Å². The normalized spacial score (nSPS) is 21.1. The molecule has 0 saturated carbocycles. The highest BCUT2D eigenvalue weighted by Crippen LogP contribution is 2.04. The molecule has 0 atom stereocenters. The fourth-order valence-corrected chi connectivity index (χ4v) is 0.709. The first kappa shape index (κ1) is 2.91. The van der Waals surface area contributed by atoms with Gasteiger partial charge in [-0.25, -0.2) is 0 Å². The van der Waals surface area contributed by atoms with E-state index in [1.165, 1.54) is 0 Å². The molecule has 0 aliphatic rings. The molecule has 10 heavy (non-hydrogen) atoms. The number of rotatable bonds is 1. The summed E-state index contributed by atoms with van der Waals surface area (Å²) in [6.07, 6.45) is 0. The van der Waals surface area contributed by atoms with Crippen LogP contribution in [0, 0.1) is 6.92 Å². The first-order chi connectivity index (χ1) is 6.82. The summed E-state index contributed by atoms with van der Waals surface area (Å²) >= 11 is 0. The molecule has 1 rings (SSSR count). The molecule has 0 heterocycles. The highest BCUT2D eigenvalue weighted by atomic mass is 13.9. The molecule has 0 spiro atoms. The summed E-state index contributed by atoms with van der Waals surface area (Å²) in [7, 11) is 0. The van der Waals surface area contributed by atoms with Gasteiger partial charge in [0.1, 0.15) is 0 Å². The maximum atomic E-state index is 7.58. The van der Waals surface area contributed by atoms with Gasteiger partial charge in [-0.2, -0.15) is 0 Å². The quantitative estimate of drug-likeness (QED) is 0.558. The maximum absolute atomic E-state index is 7.58. The van der Waals surface area contributed by atoms with Crippen molar-refractivity contribution in [1.29, 1.82) is 0 Å². The molecule has 0 fully saturated rings. The minimum Gasteiger partial charge on any atom is -0.0871 e. The van der Waals surface area contributed by atoms with Gasteiger partial charge >= 0.3 is 0 Å². The number of hydrogen-bond donors (Lipinski definition) is 0. The Balaban J connectivity index is 3.14. The van der Waals surface area contributed by atoms with Crippen LogP contribution in [-0.2, 0) is 0 Å². The number of benzene rings is 1. The van der Waals surface area contributed by atoms with Crippen LogP contribution in [0.2, 0.25) is 0 Å². The van der Waals surface area contributed by atoms with Gasteiger partial charge in [-0.15, -0.1) is 0 Å². The summed E-state index contributed by atoms with van der Waals surface area (Å²) in [5.74, 6) is 0. The van der Waals surface area contributed by atoms with Crippen molar-refractivity contribution in [3.8, 4) is 0 Å². The Morgan fingerprint density at radius 1 is 1.40 bits per heavy atom. The molecule has 0 aromatic heterocycles. The standard InChI is InChI=1S/C10H12/c1-3-4-10-7-5-9(2)6-8-10/h3-8H,1-2H3/b4-3-/i1D3,3D,4D. The average Bonchev–Trinajstić information content (AvgIpc) is 2.15. The van der Waals surface area contributed by atoms with Gasteiger partial charge in [-0.3, -0.25) is 0 Å². The second-order valence-electron chi connectivity index (χ2n) is 2.12. The summed E-state index contributed by atoms with van der Waals surface area (Å²) in [6, 6.07) is 6.02. The zero-order chi connectivity index (χ0) is 11.6. The van der Waals surface area contributed by atoms with Gasteiger partial charge in [0, 0.05) is 4.11 Å². The fourth-order valence-electron chi connectivity index (χ4n) is 0.709. The van der Waals surface area contributed by atoms with E-state index in [0.717, 1.165) is 5.56 Å². The fraction of sp³-hybridized carbons (Fsp3) is 0.200. The van der Waals surface area contributed by atoms with Crippen LogP contribution in [-0.4, -0.2) is 0 Å². The summed E-state index contributed by atoms with van der Waals surface area (Å²) in [6.45, 7) is -0.607. The Morgan fingerprint density at radius 3 is 2.70 bits per heavy atom. The lowest BCUT2D eigenvalue weighted by molar-refractivity contribution is 1.46. The predicted molar refractivity (Wildman–Crippen MR) is 45.9 cm³/mol. The van der Waals surface area contributed by atoms with Crippen molar-refractivity contribution in [2.45, 2.75) is 13.8 Å². The summed E-state index contributed by atoms with van der Waals surface area (Å²) in [5, 5.41) is 0. The first-order valence-corrected chi connectivity index (χ1v) is 3.07. The van der Waals surface area contributed by atoms with Gasteiger partial charge in [0.2, 0.25) is 0 Å². The monoisotopic (exact) mass is 137 g/mol. The number of allylic oxidation sites excluding steroid dienone is 1. The molecule has 0 unspecified atom stereocenters. The molecule has 0 aliphatic carbocycles. The predicted octanol–water partition coefficient (Wildman–Crippen LogP) is 3.03. The lowest BCUT2D eigenvalue weighted by Gasteiger charge is -1.92. The van der Waals surface area contributed by atoms with Crippen LogP contribution in [0.5, 0.6) is 0 Å². The second-order valence-corrected chi connectivity index (χ2v) is 2.12. The smallest absolute Gasteiger partial charge is 0.0626 e. The third-order valence-corrected chi connectivity index (χ3v) is 1.26. The summed E-state index contributed by atoms with van der Waals surface area (Å²) < 4.78 is 36.0. The van der Waals surface area contributed by atoms with Gasteiger partial charge in [-0.1, -0.05) is 41.9 Å². The third kappa shape index (κ3) is 1.73. The molecule has 0 N–H and O–H groups in total. The van der Waals surface area contributed by atoms with Crippen molar-refractivity contribution >= 4 is 6.05 Å². The third-order valence-electron chi connectivity index (χ3n) is 1.26. The van der Waals surface area contributed by atoms with Gasteiger partial charge in [0.05, 0.1) is 2.74 Å². The van der Waals surface area contributed by atoms with Gasteiger partial charge in [-0.05, 0) is 19.3 Å². The van der Waals surface area contributed by atoms with E-state index in [1.54, 1.807) is 24.3 Å². The zero-order valence-corrected chi connectivity index (χ0v) is 5.81. The van der Waals surface area contributed by atoms with Gasteiger partial charge in [0.15, 0.2) is 0 Å². The van der Waals surface area contributed by atoms with E-state index in [4.69, 9.17) is 6.85 Å². The van der Waals surface area contributed by atoms with Crippen molar-refractivity contribution in [2.75, 3.05) is 0 Å². The van der Waals surface area contributed by atoms with Crippen molar-refractivity contribution in [3.63, 3.8) is 0 Å². The largest absolute Gasteiger partial charge is 0.0871 e. The number of aryl methyl sites for hydroxylation is 1. The molecule has 52 valence electrons. The Bertz CT molecular complexity index is 372. The Morgan fingerprint density at radius 2 is 2.10 bits per heavy atom. The lowest BCUT2D eigenvalue weighted by atomic mass is 10.1. The Labute approximate surface area is 69.2 Å². The van der Waals surface area contributed by atoms with E-state index in [0.29, 0.717) is 5.56 Å². The van der Waals surface area contributed by atoms with Crippen LogP contribution < -0.4 is 0 Å². The first-order valence-electron chi connectivity index (χ1n) is 5.57. The second kappa shape index (κ2) is 3.21. The number of hydrogen-bond acceptors (Lipinski definition) is 0. The summed E-state index contributed by atoms with van der Waals surface area (Å²) in [5.41, 5.74) is 1.49. The average molecular weight is 137 g/mol. The molecule has 0 radical (unpaired) electrons. The van der Waals surface area contributed by atoms with Crippen LogP contribution in [0.15, 0.2) is 30.3 Å². The molecule has 0 heteroatoms. The molecule has 1 aromatic rings. The van der Waals surface area contributed by atoms with Crippen molar-refractivity contribution in [2.24, 2.45) is 0 Å². The highest BCUT2D eigenvalue weighted by molar-refractivity contribution is 5.48. The topological polar surface area (TPSA) is 0 Å². The van der Waals surface area contributed by atoms with Crippen LogP contribution in [0.3, 0.4) is 0 Å². The lowest BCUT2D eigenvalue weighted by Crippen LogP contribution is -1.71. The minimum absolute atomic E-state index is 0.241. The van der Waals surface area contributed by atoms with Gasteiger partial charge in [0.25, 0.3) is 0 Å².